The first-order valence-corrected chi connectivity index (χ1v) is 11.3. The lowest BCUT2D eigenvalue weighted by Gasteiger charge is -2.36. The van der Waals surface area contributed by atoms with Crippen LogP contribution in [0.25, 0.3) is 10.9 Å². The van der Waals surface area contributed by atoms with Crippen LogP contribution in [0.15, 0.2) is 12.1 Å². The molecule has 0 saturated carbocycles. The van der Waals surface area contributed by atoms with Crippen molar-refractivity contribution >= 4 is 34.7 Å². The summed E-state index contributed by atoms with van der Waals surface area (Å²) in [5, 5.41) is 7.51. The number of hydrogen-bond acceptors (Lipinski definition) is 6. The summed E-state index contributed by atoms with van der Waals surface area (Å²) in [4.78, 5) is 26.5. The molecular formula is C23H36FN5O4. The lowest BCUT2D eigenvalue weighted by Crippen LogP contribution is -2.39. The summed E-state index contributed by atoms with van der Waals surface area (Å²) in [5.74, 6) is 0.216. The van der Waals surface area contributed by atoms with Crippen molar-refractivity contribution in [2.45, 2.75) is 39.4 Å². The fraction of sp³-hybridized carbons (Fsp3) is 0.609. The number of methoxy groups -OCH3 is 2. The van der Waals surface area contributed by atoms with E-state index in [1.807, 2.05) is 18.7 Å². The number of amides is 2. The summed E-state index contributed by atoms with van der Waals surface area (Å²) in [7, 11) is 6.52. The number of hydrogen-bond donors (Lipinski definition) is 1. The van der Waals surface area contributed by atoms with Gasteiger partial charge in [-0.3, -0.25) is 9.58 Å². The Morgan fingerprint density at radius 3 is 2.48 bits per heavy atom. The number of rotatable bonds is 8. The normalized spacial score (nSPS) is 14.2. The molecule has 9 nitrogen and oxygen atoms in total. The zero-order valence-electron chi connectivity index (χ0n) is 20.4. The van der Waals surface area contributed by atoms with Crippen molar-refractivity contribution in [3.05, 3.63) is 17.9 Å². The van der Waals surface area contributed by atoms with Crippen LogP contribution in [0.4, 0.5) is 20.7 Å². The Labute approximate surface area is 194 Å². The lowest BCUT2D eigenvalue weighted by molar-refractivity contribution is -0.141. The highest BCUT2D eigenvalue weighted by atomic mass is 19.1. The van der Waals surface area contributed by atoms with Gasteiger partial charge in [-0.1, -0.05) is 13.8 Å². The van der Waals surface area contributed by atoms with Crippen LogP contribution in [0, 0.1) is 11.7 Å². The van der Waals surface area contributed by atoms with Gasteiger partial charge in [0.15, 0.2) is 12.1 Å². The Morgan fingerprint density at radius 2 is 1.94 bits per heavy atom. The lowest BCUT2D eigenvalue weighted by atomic mass is 9.95. The highest BCUT2D eigenvalue weighted by Crippen LogP contribution is 2.34. The molecule has 1 N–H and O–H groups in total. The smallest absolute Gasteiger partial charge is 0.322 e. The number of carbonyl (C=O) groups excluding carboxylic acids is 2. The Bertz CT molecular complexity index is 923. The van der Waals surface area contributed by atoms with Crippen LogP contribution in [-0.2, 0) is 21.3 Å². The molecule has 1 aromatic heterocycles. The van der Waals surface area contributed by atoms with Crippen LogP contribution in [0.3, 0.4) is 0 Å². The van der Waals surface area contributed by atoms with Crippen LogP contribution < -0.4 is 15.1 Å². The number of anilines is 2. The predicted molar refractivity (Wildman–Crippen MR) is 127 cm³/mol. The van der Waals surface area contributed by atoms with E-state index in [2.05, 4.69) is 10.4 Å². The molecule has 1 aliphatic rings. The van der Waals surface area contributed by atoms with Gasteiger partial charge in [-0.25, -0.2) is 9.18 Å². The standard InChI is InChI=1S/C21H30FN5O4.C2H6/c1-23-21(29)27(8-5-11-28)19-15-12-16(22)18(13-17(15)25(2)24-19)26-9-6-14(7-10-26)20(30-3)31-4;1-2/h11-14,20H,5-10H2,1-4H3,(H,23,29);1-2H3. The largest absolute Gasteiger partial charge is 0.369 e. The van der Waals surface area contributed by atoms with Gasteiger partial charge in [0.2, 0.25) is 0 Å². The van der Waals surface area contributed by atoms with E-state index in [0.717, 1.165) is 19.1 Å². The number of aromatic nitrogens is 2. The van der Waals surface area contributed by atoms with E-state index in [0.29, 0.717) is 35.5 Å². The van der Waals surface area contributed by atoms with E-state index in [1.165, 1.54) is 18.0 Å². The van der Waals surface area contributed by atoms with Crippen LogP contribution in [0.2, 0.25) is 0 Å². The Hall–Kier alpha value is -2.72. The number of benzene rings is 1. The van der Waals surface area contributed by atoms with Gasteiger partial charge < -0.3 is 24.5 Å². The molecule has 3 rings (SSSR count). The minimum absolute atomic E-state index is 0.158. The topological polar surface area (TPSA) is 88.9 Å². The second kappa shape index (κ2) is 12.5. The van der Waals surface area contributed by atoms with Crippen molar-refractivity contribution in [3.63, 3.8) is 0 Å². The Balaban J connectivity index is 0.00000187. The Kier molecular flexibility index (Phi) is 10.1. The molecule has 0 aliphatic carbocycles. The number of nitrogens with zero attached hydrogens (tertiary/aromatic N) is 4. The predicted octanol–water partition coefficient (Wildman–Crippen LogP) is 3.31. The number of halogens is 1. The summed E-state index contributed by atoms with van der Waals surface area (Å²) >= 11 is 0. The quantitative estimate of drug-likeness (QED) is 0.475. The minimum atomic E-state index is -0.403. The van der Waals surface area contributed by atoms with Crippen LogP contribution in [0.1, 0.15) is 33.1 Å². The molecule has 1 aromatic carbocycles. The second-order valence-electron chi connectivity index (χ2n) is 7.59. The molecule has 184 valence electrons. The summed E-state index contributed by atoms with van der Waals surface area (Å²) in [6.07, 6.45) is 2.30. The van der Waals surface area contributed by atoms with E-state index < -0.39 is 6.03 Å². The molecule has 0 atom stereocenters. The van der Waals surface area contributed by atoms with Crippen molar-refractivity contribution in [1.29, 1.82) is 0 Å². The summed E-state index contributed by atoms with van der Waals surface area (Å²) in [6.45, 7) is 5.53. The number of urea groups is 1. The maximum absolute atomic E-state index is 15.2. The zero-order chi connectivity index (χ0) is 24.5. The monoisotopic (exact) mass is 465 g/mol. The molecule has 0 unspecified atom stereocenters. The second-order valence-corrected chi connectivity index (χ2v) is 7.59. The van der Waals surface area contributed by atoms with Gasteiger partial charge in [-0.05, 0) is 25.0 Å². The molecule has 2 heterocycles. The third kappa shape index (κ3) is 5.80. The highest BCUT2D eigenvalue weighted by Gasteiger charge is 2.29. The molecular weight excluding hydrogens is 429 g/mol. The first-order valence-electron chi connectivity index (χ1n) is 11.3. The van der Waals surface area contributed by atoms with Gasteiger partial charge in [0.05, 0.1) is 11.2 Å². The Morgan fingerprint density at radius 1 is 1.30 bits per heavy atom. The summed E-state index contributed by atoms with van der Waals surface area (Å²) < 4.78 is 27.6. The minimum Gasteiger partial charge on any atom is -0.369 e. The molecule has 0 radical (unpaired) electrons. The van der Waals surface area contributed by atoms with E-state index >= 15 is 4.39 Å². The number of carbonyl (C=O) groups is 2. The maximum atomic E-state index is 15.2. The average Bonchev–Trinajstić information content (AvgIpc) is 3.16. The summed E-state index contributed by atoms with van der Waals surface area (Å²) in [5.41, 5.74) is 1.21. The number of fused-ring (bicyclic) bond motifs is 1. The van der Waals surface area contributed by atoms with Gasteiger partial charge in [0.25, 0.3) is 0 Å². The SMILES string of the molecule is CC.CNC(=O)N(CCC=O)c1nn(C)c2cc(N3CCC(C(OC)OC)CC3)c(F)cc12. The zero-order valence-corrected chi connectivity index (χ0v) is 20.4. The third-order valence-corrected chi connectivity index (χ3v) is 5.81. The maximum Gasteiger partial charge on any atom is 0.322 e. The average molecular weight is 466 g/mol. The van der Waals surface area contributed by atoms with Crippen molar-refractivity contribution in [2.75, 3.05) is 50.7 Å². The highest BCUT2D eigenvalue weighted by molar-refractivity contribution is 6.01. The molecule has 0 spiro atoms. The molecule has 1 fully saturated rings. The summed E-state index contributed by atoms with van der Waals surface area (Å²) in [6, 6.07) is 2.79. The van der Waals surface area contributed by atoms with Gasteiger partial charge in [-0.2, -0.15) is 5.10 Å². The van der Waals surface area contributed by atoms with Crippen molar-refractivity contribution in [1.82, 2.24) is 15.1 Å². The molecule has 2 aromatic rings. The molecule has 10 heteroatoms. The number of aryl methyl sites for hydroxylation is 1. The van der Waals surface area contributed by atoms with Gasteiger partial charge >= 0.3 is 6.03 Å². The third-order valence-electron chi connectivity index (χ3n) is 5.81. The van der Waals surface area contributed by atoms with Crippen LogP contribution in [0.5, 0.6) is 0 Å². The fourth-order valence-electron chi connectivity index (χ4n) is 4.20. The van der Waals surface area contributed by atoms with Crippen LogP contribution in [-0.4, -0.2) is 69.3 Å². The molecule has 0 bridgehead atoms. The van der Waals surface area contributed by atoms with Gasteiger partial charge in [0, 0.05) is 65.7 Å². The van der Waals surface area contributed by atoms with E-state index in [-0.39, 0.29) is 31.0 Å². The first-order chi connectivity index (χ1) is 15.9. The molecule has 33 heavy (non-hydrogen) atoms. The number of ether oxygens (including phenoxy) is 2. The molecule has 1 saturated heterocycles. The van der Waals surface area contributed by atoms with Gasteiger partial charge in [-0.15, -0.1) is 0 Å². The van der Waals surface area contributed by atoms with E-state index in [9.17, 15) is 9.59 Å². The fourth-order valence-corrected chi connectivity index (χ4v) is 4.20. The molecule has 2 amide bonds. The molecule has 1 aliphatic heterocycles. The number of nitrogens with one attached hydrogen (secondary N) is 1. The van der Waals surface area contributed by atoms with E-state index in [1.54, 1.807) is 32.0 Å². The first kappa shape index (κ1) is 26.5. The van der Waals surface area contributed by atoms with Crippen molar-refractivity contribution in [2.24, 2.45) is 13.0 Å². The van der Waals surface area contributed by atoms with Gasteiger partial charge in [0.1, 0.15) is 12.1 Å². The van der Waals surface area contributed by atoms with Crippen LogP contribution >= 0.6 is 0 Å². The number of piperidine rings is 1. The number of aldehydes is 1. The van der Waals surface area contributed by atoms with E-state index in [4.69, 9.17) is 9.47 Å². The van der Waals surface area contributed by atoms with Crippen molar-refractivity contribution < 1.29 is 23.5 Å². The van der Waals surface area contributed by atoms with Crippen molar-refractivity contribution in [3.8, 4) is 0 Å².